The molecule has 4 heterocycles. The van der Waals surface area contributed by atoms with Crippen LogP contribution in [0.25, 0.3) is 33.8 Å². The van der Waals surface area contributed by atoms with Crippen molar-refractivity contribution in [1.82, 2.24) is 29.2 Å². The third-order valence-electron chi connectivity index (χ3n) is 10.3. The van der Waals surface area contributed by atoms with Crippen LogP contribution < -0.4 is 20.1 Å². The standard InChI is InChI=1S/C25H22F4N4O2.C23H18F4N4O3/c1-3-22(34)19-8-7-16(11-15(19)2)21-14-31-24-20(30-10-9-25(27,28)29)13-23(32-33(21)24)35-18-6-4-5-17(26)12-18;1-13-9-14(5-6-17(13)22(32)33)19-12-29-21-18(28-8-7-23(25,26)27)11-20(30-31(19)21)34-16-4-2-3-15(24)10-16/h4-8,11-14,30H,3,9-10H2,1-2H3;2-6,9-12,28H,7-8H2,1H3,(H,32,33). The number of nitrogens with zero attached hydrogens (tertiary/aromatic N) is 6. The van der Waals surface area contributed by atoms with Crippen LogP contribution in [0, 0.1) is 25.5 Å². The van der Waals surface area contributed by atoms with Crippen LogP contribution in [-0.4, -0.2) is 71.5 Å². The molecule has 8 rings (SSSR count). The molecule has 3 N–H and O–H groups in total. The fourth-order valence-electron chi connectivity index (χ4n) is 7.02. The van der Waals surface area contributed by atoms with Gasteiger partial charge >= 0.3 is 18.3 Å². The highest BCUT2D eigenvalue weighted by Gasteiger charge is 2.28. The summed E-state index contributed by atoms with van der Waals surface area (Å²) in [5, 5.41) is 23.5. The molecule has 0 saturated carbocycles. The average molecular weight is 961 g/mol. The molecule has 21 heteroatoms. The van der Waals surface area contributed by atoms with E-state index in [1.807, 2.05) is 13.0 Å². The highest BCUT2D eigenvalue weighted by atomic mass is 19.4. The monoisotopic (exact) mass is 960 g/mol. The van der Waals surface area contributed by atoms with Gasteiger partial charge in [-0.3, -0.25) is 4.79 Å². The zero-order valence-corrected chi connectivity index (χ0v) is 36.7. The lowest BCUT2D eigenvalue weighted by Gasteiger charge is -2.13. The lowest BCUT2D eigenvalue weighted by Crippen LogP contribution is -2.15. The van der Waals surface area contributed by atoms with Gasteiger partial charge in [0, 0.05) is 60.5 Å². The van der Waals surface area contributed by atoms with Crippen molar-refractivity contribution in [2.45, 2.75) is 52.4 Å². The molecule has 0 fully saturated rings. The van der Waals surface area contributed by atoms with Gasteiger partial charge in [0.1, 0.15) is 23.1 Å². The van der Waals surface area contributed by atoms with Crippen molar-refractivity contribution in [3.05, 3.63) is 143 Å². The molecule has 0 radical (unpaired) electrons. The van der Waals surface area contributed by atoms with Gasteiger partial charge in [-0.1, -0.05) is 37.3 Å². The first kappa shape index (κ1) is 48.8. The first-order valence-corrected chi connectivity index (χ1v) is 21.0. The number of benzene rings is 4. The van der Waals surface area contributed by atoms with Crippen LogP contribution in [0.3, 0.4) is 0 Å². The Balaban J connectivity index is 0.000000204. The lowest BCUT2D eigenvalue weighted by molar-refractivity contribution is -0.132. The molecule has 4 aromatic carbocycles. The van der Waals surface area contributed by atoms with Gasteiger partial charge in [-0.15, -0.1) is 10.2 Å². The molecule has 0 spiro atoms. The number of imidazole rings is 2. The molecule has 69 heavy (non-hydrogen) atoms. The number of halogens is 8. The number of carboxylic acids is 1. The minimum atomic E-state index is -4.35. The van der Waals surface area contributed by atoms with Crippen LogP contribution in [0.1, 0.15) is 58.0 Å². The van der Waals surface area contributed by atoms with Gasteiger partial charge in [-0.05, 0) is 67.4 Å². The number of hydrogen-bond acceptors (Lipinski definition) is 10. The van der Waals surface area contributed by atoms with E-state index in [1.54, 1.807) is 44.3 Å². The Labute approximate surface area is 387 Å². The largest absolute Gasteiger partial charge is 0.478 e. The van der Waals surface area contributed by atoms with Crippen LogP contribution in [0.5, 0.6) is 23.3 Å². The summed E-state index contributed by atoms with van der Waals surface area (Å²) in [6.07, 6.45) is -7.39. The number of carboxylic acid groups (broad SMARTS) is 1. The van der Waals surface area contributed by atoms with Gasteiger partial charge in [-0.25, -0.2) is 32.6 Å². The first-order chi connectivity index (χ1) is 32.7. The Morgan fingerprint density at radius 1 is 0.623 bits per heavy atom. The molecule has 0 amide bonds. The van der Waals surface area contributed by atoms with E-state index >= 15 is 0 Å². The minimum absolute atomic E-state index is 0.00858. The smallest absolute Gasteiger partial charge is 0.390 e. The quantitative estimate of drug-likeness (QED) is 0.0663. The molecule has 0 aliphatic carbocycles. The number of ketones is 1. The molecule has 358 valence electrons. The SMILES string of the molecule is CCC(=O)c1ccc(-c2cnc3c(NCCC(F)(F)F)cc(Oc4cccc(F)c4)nn23)cc1C.Cc1cc(-c2cnc3c(NCCC(F)(F)F)cc(Oc4cccc(F)c4)nn23)ccc1C(=O)O. The number of hydrogen-bond donors (Lipinski definition) is 3. The maximum atomic E-state index is 13.6. The van der Waals surface area contributed by atoms with E-state index in [0.717, 1.165) is 11.6 Å². The van der Waals surface area contributed by atoms with Crippen LogP contribution in [0.4, 0.5) is 46.5 Å². The molecule has 8 aromatic rings. The Bertz CT molecular complexity index is 3170. The highest BCUT2D eigenvalue weighted by Crippen LogP contribution is 2.33. The summed E-state index contributed by atoms with van der Waals surface area (Å²) >= 11 is 0. The predicted molar refractivity (Wildman–Crippen MR) is 239 cm³/mol. The summed E-state index contributed by atoms with van der Waals surface area (Å²) < 4.78 is 117. The number of aryl methyl sites for hydroxylation is 2. The summed E-state index contributed by atoms with van der Waals surface area (Å²) in [7, 11) is 0. The van der Waals surface area contributed by atoms with Gasteiger partial charge in [0.25, 0.3) is 0 Å². The maximum absolute atomic E-state index is 13.6. The van der Waals surface area contributed by atoms with E-state index in [2.05, 4.69) is 30.8 Å². The molecule has 0 aliphatic heterocycles. The van der Waals surface area contributed by atoms with Crippen molar-refractivity contribution < 1.29 is 59.3 Å². The lowest BCUT2D eigenvalue weighted by atomic mass is 9.99. The van der Waals surface area contributed by atoms with Crippen LogP contribution in [0.15, 0.2) is 109 Å². The molecule has 0 bridgehead atoms. The van der Waals surface area contributed by atoms with Gasteiger partial charge < -0.3 is 25.2 Å². The van der Waals surface area contributed by atoms with Gasteiger partial charge in [0.05, 0.1) is 53.6 Å². The third-order valence-corrected chi connectivity index (χ3v) is 10.3. The fourth-order valence-corrected chi connectivity index (χ4v) is 7.02. The normalized spacial score (nSPS) is 11.6. The predicted octanol–water partition coefficient (Wildman–Crippen LogP) is 12.3. The number of carbonyl (C=O) groups excluding carboxylic acids is 1. The number of anilines is 2. The molecule has 0 saturated heterocycles. The molecule has 13 nitrogen and oxygen atoms in total. The Morgan fingerprint density at radius 3 is 1.43 bits per heavy atom. The zero-order valence-electron chi connectivity index (χ0n) is 36.7. The van der Waals surface area contributed by atoms with Gasteiger partial charge in [0.15, 0.2) is 17.1 Å². The highest BCUT2D eigenvalue weighted by molar-refractivity contribution is 5.97. The Kier molecular flexibility index (Phi) is 14.4. The average Bonchev–Trinajstić information content (AvgIpc) is 3.90. The van der Waals surface area contributed by atoms with Gasteiger partial charge in [0.2, 0.25) is 11.8 Å². The summed E-state index contributed by atoms with van der Waals surface area (Å²) in [4.78, 5) is 32.1. The zero-order chi connectivity index (χ0) is 49.6. The number of Topliss-reactive ketones (excluding diaryl/α,β-unsaturated/α-hetero) is 1. The van der Waals surface area contributed by atoms with E-state index in [0.29, 0.717) is 45.7 Å². The number of fused-ring (bicyclic) bond motifs is 2. The number of rotatable bonds is 15. The summed E-state index contributed by atoms with van der Waals surface area (Å²) in [6, 6.07) is 23.6. The second kappa shape index (κ2) is 20.4. The summed E-state index contributed by atoms with van der Waals surface area (Å²) in [5.41, 5.74) is 5.37. The number of alkyl halides is 6. The van der Waals surface area contributed by atoms with Crippen molar-refractivity contribution in [2.24, 2.45) is 0 Å². The van der Waals surface area contributed by atoms with Crippen LogP contribution >= 0.6 is 0 Å². The number of aromatic nitrogens is 6. The van der Waals surface area contributed by atoms with Crippen LogP contribution in [0.2, 0.25) is 0 Å². The summed E-state index contributed by atoms with van der Waals surface area (Å²) in [6.45, 7) is 4.48. The number of ether oxygens (including phenoxy) is 2. The third kappa shape index (κ3) is 12.3. The molecular formula is C48H40F8N8O5. The van der Waals surface area contributed by atoms with Crippen molar-refractivity contribution in [3.63, 3.8) is 0 Å². The van der Waals surface area contributed by atoms with E-state index in [4.69, 9.17) is 9.47 Å². The van der Waals surface area contributed by atoms with E-state index in [-0.39, 0.29) is 58.2 Å². The maximum Gasteiger partial charge on any atom is 0.390 e. The van der Waals surface area contributed by atoms with Crippen molar-refractivity contribution >= 4 is 34.4 Å². The van der Waals surface area contributed by atoms with Crippen LogP contribution in [-0.2, 0) is 0 Å². The number of nitrogens with one attached hydrogen (secondary N) is 2. The molecule has 0 aliphatic rings. The topological polar surface area (TPSA) is 157 Å². The Hall–Kier alpha value is -8.10. The summed E-state index contributed by atoms with van der Waals surface area (Å²) in [5.74, 6) is -1.73. The number of aromatic carboxylic acids is 1. The second-order valence-corrected chi connectivity index (χ2v) is 15.4. The second-order valence-electron chi connectivity index (χ2n) is 15.4. The minimum Gasteiger partial charge on any atom is -0.478 e. The fraction of sp³-hybridized carbons (Fsp3) is 0.208. The molecular weight excluding hydrogens is 921 g/mol. The molecule has 0 unspecified atom stereocenters. The molecule has 4 aromatic heterocycles. The van der Waals surface area contributed by atoms with E-state index in [9.17, 15) is 49.8 Å². The van der Waals surface area contributed by atoms with Crippen molar-refractivity contribution in [2.75, 3.05) is 23.7 Å². The van der Waals surface area contributed by atoms with E-state index < -0.39 is 49.3 Å². The number of carbonyl (C=O) groups is 2. The van der Waals surface area contributed by atoms with Crippen molar-refractivity contribution in [3.8, 4) is 45.8 Å². The molecule has 0 atom stereocenters. The first-order valence-electron chi connectivity index (χ1n) is 21.0. The van der Waals surface area contributed by atoms with Crippen molar-refractivity contribution in [1.29, 1.82) is 0 Å². The van der Waals surface area contributed by atoms with E-state index in [1.165, 1.54) is 75.9 Å². The van der Waals surface area contributed by atoms with Gasteiger partial charge in [-0.2, -0.15) is 26.3 Å². The Morgan fingerprint density at radius 2 is 1.06 bits per heavy atom.